The Balaban J connectivity index is 1.80. The third-order valence-electron chi connectivity index (χ3n) is 4.31. The first-order valence-electron chi connectivity index (χ1n) is 9.42. The van der Waals surface area contributed by atoms with Crippen LogP contribution in [-0.2, 0) is 11.2 Å². The van der Waals surface area contributed by atoms with Gasteiger partial charge in [-0.05, 0) is 63.4 Å². The van der Waals surface area contributed by atoms with E-state index in [1.165, 1.54) is 0 Å². The van der Waals surface area contributed by atoms with Crippen LogP contribution in [-0.4, -0.2) is 18.1 Å². The number of para-hydroxylation sites is 1. The van der Waals surface area contributed by atoms with Gasteiger partial charge in [-0.3, -0.25) is 4.79 Å². The zero-order valence-corrected chi connectivity index (χ0v) is 17.0. The van der Waals surface area contributed by atoms with Crippen molar-refractivity contribution in [3.8, 4) is 0 Å². The van der Waals surface area contributed by atoms with Crippen molar-refractivity contribution in [3.63, 3.8) is 0 Å². The van der Waals surface area contributed by atoms with E-state index in [-0.39, 0.29) is 5.39 Å². The van der Waals surface area contributed by atoms with Crippen LogP contribution in [0.2, 0.25) is 0 Å². The lowest BCUT2D eigenvalue weighted by Crippen LogP contribution is -2.24. The average molecular weight is 397 g/mol. The summed E-state index contributed by atoms with van der Waals surface area (Å²) in [5.41, 5.74) is 1.87. The smallest absolute Gasteiger partial charge is 0.340 e. The Hall–Kier alpha value is -3.15. The van der Waals surface area contributed by atoms with Gasteiger partial charge in [-0.1, -0.05) is 18.2 Å². The zero-order chi connectivity index (χ0) is 21.2. The molecule has 3 rings (SSSR count). The Morgan fingerprint density at radius 3 is 2.66 bits per heavy atom. The quantitative estimate of drug-likeness (QED) is 0.623. The monoisotopic (exact) mass is 397 g/mol. The van der Waals surface area contributed by atoms with Gasteiger partial charge in [-0.15, -0.1) is 0 Å². The first-order chi connectivity index (χ1) is 13.7. The molecule has 0 radical (unpaired) electrons. The number of aryl methyl sites for hydroxylation is 1. The van der Waals surface area contributed by atoms with Gasteiger partial charge in [0.25, 0.3) is 0 Å². The molecule has 0 atom stereocenters. The Morgan fingerprint density at radius 2 is 1.93 bits per heavy atom. The minimum atomic E-state index is -0.904. The molecule has 0 saturated heterocycles. The molecule has 1 heterocycles. The van der Waals surface area contributed by atoms with Crippen LogP contribution < -0.4 is 10.7 Å². The molecule has 5 nitrogen and oxygen atoms in total. The van der Waals surface area contributed by atoms with Gasteiger partial charge in [0, 0.05) is 12.2 Å². The van der Waals surface area contributed by atoms with Crippen LogP contribution in [0.4, 0.5) is 10.1 Å². The Bertz CT molecular complexity index is 1110. The molecular weight excluding hydrogens is 373 g/mol. The molecule has 0 saturated carbocycles. The summed E-state index contributed by atoms with van der Waals surface area (Å²) < 4.78 is 24.4. The van der Waals surface area contributed by atoms with Crippen molar-refractivity contribution in [1.82, 2.24) is 0 Å². The summed E-state index contributed by atoms with van der Waals surface area (Å²) in [5.74, 6) is -1.30. The molecule has 0 fully saturated rings. The number of halogens is 1. The van der Waals surface area contributed by atoms with Crippen molar-refractivity contribution in [2.24, 2.45) is 0 Å². The minimum absolute atomic E-state index is 0.231. The number of hydrogen-bond acceptors (Lipinski definition) is 5. The Labute approximate surface area is 168 Å². The summed E-state index contributed by atoms with van der Waals surface area (Å²) in [7, 11) is 0. The summed E-state index contributed by atoms with van der Waals surface area (Å²) in [4.78, 5) is 24.5. The maximum absolute atomic E-state index is 13.6. The molecule has 1 N–H and O–H groups in total. The molecule has 0 bridgehead atoms. The second-order valence-electron chi connectivity index (χ2n) is 7.94. The molecule has 3 aromatic rings. The lowest BCUT2D eigenvalue weighted by Gasteiger charge is -2.20. The molecule has 0 aliphatic heterocycles. The molecule has 152 valence electrons. The number of esters is 1. The molecule has 0 aliphatic carbocycles. The van der Waals surface area contributed by atoms with Crippen molar-refractivity contribution >= 4 is 22.6 Å². The predicted molar refractivity (Wildman–Crippen MR) is 111 cm³/mol. The lowest BCUT2D eigenvalue weighted by molar-refractivity contribution is 0.00706. The normalized spacial score (nSPS) is 11.5. The average Bonchev–Trinajstić information content (AvgIpc) is 2.64. The summed E-state index contributed by atoms with van der Waals surface area (Å²) in [6.07, 6.45) is 1.37. The number of anilines is 1. The third kappa shape index (κ3) is 4.83. The van der Waals surface area contributed by atoms with Gasteiger partial charge in [0.1, 0.15) is 17.4 Å². The molecule has 0 aliphatic rings. The van der Waals surface area contributed by atoms with Crippen molar-refractivity contribution in [2.75, 3.05) is 11.9 Å². The number of nitrogens with one attached hydrogen (secondary N) is 1. The van der Waals surface area contributed by atoms with Crippen LogP contribution in [0.15, 0.2) is 51.9 Å². The highest BCUT2D eigenvalue weighted by Gasteiger charge is 2.20. The number of rotatable bonds is 5. The third-order valence-corrected chi connectivity index (χ3v) is 4.31. The van der Waals surface area contributed by atoms with Crippen LogP contribution in [0, 0.1) is 12.7 Å². The van der Waals surface area contributed by atoms with Crippen molar-refractivity contribution in [2.45, 2.75) is 39.7 Å². The highest BCUT2D eigenvalue weighted by Crippen LogP contribution is 2.22. The van der Waals surface area contributed by atoms with E-state index in [4.69, 9.17) is 9.15 Å². The fourth-order valence-corrected chi connectivity index (χ4v) is 3.11. The van der Waals surface area contributed by atoms with Gasteiger partial charge in [0.2, 0.25) is 11.2 Å². The van der Waals surface area contributed by atoms with Gasteiger partial charge in [-0.25, -0.2) is 4.79 Å². The van der Waals surface area contributed by atoms with E-state index in [0.29, 0.717) is 29.8 Å². The zero-order valence-electron chi connectivity index (χ0n) is 17.0. The predicted octanol–water partition coefficient (Wildman–Crippen LogP) is 4.85. The fourth-order valence-electron chi connectivity index (χ4n) is 3.11. The maximum Gasteiger partial charge on any atom is 0.340 e. The first-order valence-corrected chi connectivity index (χ1v) is 9.42. The second kappa shape index (κ2) is 8.07. The lowest BCUT2D eigenvalue weighted by atomic mass is 10.0. The van der Waals surface area contributed by atoms with E-state index in [1.807, 2.05) is 45.9 Å². The number of carbonyl (C=O) groups is 1. The summed E-state index contributed by atoms with van der Waals surface area (Å²) in [6.45, 7) is 7.79. The highest BCUT2D eigenvalue weighted by atomic mass is 19.1. The van der Waals surface area contributed by atoms with E-state index < -0.39 is 22.8 Å². The van der Waals surface area contributed by atoms with Crippen molar-refractivity contribution < 1.29 is 18.3 Å². The number of hydrogen-bond donors (Lipinski definition) is 1. The summed E-state index contributed by atoms with van der Waals surface area (Å²) in [6, 6.07) is 10.7. The molecule has 29 heavy (non-hydrogen) atoms. The van der Waals surface area contributed by atoms with E-state index in [0.717, 1.165) is 17.4 Å². The number of ether oxygens (including phenoxy) is 1. The molecule has 2 aromatic carbocycles. The van der Waals surface area contributed by atoms with Gasteiger partial charge in [0.05, 0.1) is 10.9 Å². The first kappa shape index (κ1) is 20.6. The van der Waals surface area contributed by atoms with Crippen LogP contribution in [0.1, 0.15) is 42.3 Å². The molecule has 0 amide bonds. The van der Waals surface area contributed by atoms with Gasteiger partial charge in [-0.2, -0.15) is 4.39 Å². The Morgan fingerprint density at radius 1 is 1.21 bits per heavy atom. The van der Waals surface area contributed by atoms with Crippen LogP contribution >= 0.6 is 0 Å². The maximum atomic E-state index is 13.6. The topological polar surface area (TPSA) is 68.5 Å². The van der Waals surface area contributed by atoms with Crippen molar-refractivity contribution in [3.05, 3.63) is 75.4 Å². The van der Waals surface area contributed by atoms with Crippen LogP contribution in [0.25, 0.3) is 11.0 Å². The van der Waals surface area contributed by atoms with Crippen LogP contribution in [0.3, 0.4) is 0 Å². The van der Waals surface area contributed by atoms with E-state index >= 15 is 0 Å². The molecule has 0 spiro atoms. The second-order valence-corrected chi connectivity index (χ2v) is 7.94. The van der Waals surface area contributed by atoms with E-state index in [1.54, 1.807) is 18.2 Å². The number of carbonyl (C=O) groups excluding carboxylic acids is 1. The fraction of sp³-hybridized carbons (Fsp3) is 0.304. The molecule has 1 aromatic heterocycles. The van der Waals surface area contributed by atoms with Gasteiger partial charge >= 0.3 is 5.97 Å². The van der Waals surface area contributed by atoms with E-state index in [9.17, 15) is 14.0 Å². The molecule has 6 heteroatoms. The number of benzene rings is 2. The minimum Gasteiger partial charge on any atom is -0.461 e. The van der Waals surface area contributed by atoms with E-state index in [2.05, 4.69) is 5.32 Å². The molecular formula is C23H24FNO4. The highest BCUT2D eigenvalue weighted by molar-refractivity contribution is 5.95. The van der Waals surface area contributed by atoms with Crippen molar-refractivity contribution in [1.29, 1.82) is 0 Å². The standard InChI is InChI=1S/C23H24FNO4/c1-14-11-15(21-17(12-14)20(26)18(24)13-28-21)9-10-25-19-8-6-5-7-16(19)22(27)29-23(2,3)4/h5-8,11-13,25H,9-10H2,1-4H3. The summed E-state index contributed by atoms with van der Waals surface area (Å²) in [5, 5.41) is 3.47. The summed E-state index contributed by atoms with van der Waals surface area (Å²) >= 11 is 0. The van der Waals surface area contributed by atoms with Gasteiger partial charge < -0.3 is 14.5 Å². The van der Waals surface area contributed by atoms with Crippen LogP contribution in [0.5, 0.6) is 0 Å². The number of fused-ring (bicyclic) bond motifs is 1. The SMILES string of the molecule is Cc1cc(CCNc2ccccc2C(=O)OC(C)(C)C)c2occ(F)c(=O)c2c1. The van der Waals surface area contributed by atoms with Gasteiger partial charge in [0.15, 0.2) is 0 Å². The Kier molecular flexibility index (Phi) is 5.73. The molecule has 0 unspecified atom stereocenters. The largest absolute Gasteiger partial charge is 0.461 e.